The first-order valence-corrected chi connectivity index (χ1v) is 9.69. The third kappa shape index (κ3) is 5.52. The van der Waals surface area contributed by atoms with Gasteiger partial charge in [-0.15, -0.1) is 0 Å². The largest absolute Gasteiger partial charge is 0.465 e. The van der Waals surface area contributed by atoms with Crippen molar-refractivity contribution in [3.8, 4) is 0 Å². The van der Waals surface area contributed by atoms with E-state index >= 15 is 0 Å². The summed E-state index contributed by atoms with van der Waals surface area (Å²) in [4.78, 5) is 26.0. The van der Waals surface area contributed by atoms with Crippen LogP contribution in [0.4, 0.5) is 5.69 Å². The molecule has 2 rings (SSSR count). The normalized spacial score (nSPS) is 18.6. The Morgan fingerprint density at radius 3 is 2.56 bits per heavy atom. The molecule has 0 aliphatic carbocycles. The van der Waals surface area contributed by atoms with Crippen LogP contribution < -0.4 is 10.5 Å². The number of likely N-dealkylation sites (tertiary alicyclic amines) is 1. The molecule has 0 spiro atoms. The number of nitrogens with two attached hydrogens (primary N) is 1. The van der Waals surface area contributed by atoms with Crippen molar-refractivity contribution in [1.29, 1.82) is 0 Å². The fraction of sp³-hybridized carbons (Fsp3) is 0.500. The molecule has 1 aromatic rings. The van der Waals surface area contributed by atoms with Crippen LogP contribution in [0.3, 0.4) is 0 Å². The molecule has 9 heteroatoms. The highest BCUT2D eigenvalue weighted by Crippen LogP contribution is 2.18. The summed E-state index contributed by atoms with van der Waals surface area (Å²) < 4.78 is 27.5. The Hall–Kier alpha value is -1.97. The van der Waals surface area contributed by atoms with E-state index in [4.69, 9.17) is 9.88 Å². The lowest BCUT2D eigenvalue weighted by atomic mass is 10.0. The predicted molar refractivity (Wildman–Crippen MR) is 92.3 cm³/mol. The van der Waals surface area contributed by atoms with E-state index in [1.165, 1.54) is 24.3 Å². The molecule has 1 heterocycles. The number of nitrogens with zero attached hydrogens (tertiary/aromatic N) is 1. The van der Waals surface area contributed by atoms with Gasteiger partial charge in [0.15, 0.2) is 0 Å². The van der Waals surface area contributed by atoms with Crippen LogP contribution in [0.2, 0.25) is 0 Å². The Morgan fingerprint density at radius 2 is 1.96 bits per heavy atom. The molecule has 1 atom stereocenters. The quantitative estimate of drug-likeness (QED) is 0.712. The van der Waals surface area contributed by atoms with Gasteiger partial charge in [0.25, 0.3) is 0 Å². The molecule has 0 saturated carbocycles. The van der Waals surface area contributed by atoms with Crippen molar-refractivity contribution in [2.24, 2.45) is 5.14 Å². The zero-order chi connectivity index (χ0) is 18.4. The fourth-order valence-electron chi connectivity index (χ4n) is 2.80. The highest BCUT2D eigenvalue weighted by molar-refractivity contribution is 7.89. The third-order valence-electron chi connectivity index (χ3n) is 3.99. The predicted octanol–water partition coefficient (Wildman–Crippen LogP) is 0.690. The second-order valence-electron chi connectivity index (χ2n) is 5.85. The third-order valence-corrected chi connectivity index (χ3v) is 4.91. The zero-order valence-electron chi connectivity index (χ0n) is 14.1. The van der Waals surface area contributed by atoms with Gasteiger partial charge in [-0.2, -0.15) is 0 Å². The molecule has 1 aliphatic heterocycles. The lowest BCUT2D eigenvalue weighted by molar-refractivity contribution is -0.151. The summed E-state index contributed by atoms with van der Waals surface area (Å²) in [5.41, 5.74) is 0.460. The van der Waals surface area contributed by atoms with E-state index < -0.39 is 16.1 Å². The minimum absolute atomic E-state index is 0.0242. The number of primary sulfonamides is 1. The topological polar surface area (TPSA) is 119 Å². The first-order chi connectivity index (χ1) is 11.8. The van der Waals surface area contributed by atoms with Gasteiger partial charge in [0.05, 0.1) is 18.0 Å². The molecule has 1 amide bonds. The van der Waals surface area contributed by atoms with Crippen molar-refractivity contribution in [2.45, 2.75) is 37.1 Å². The highest BCUT2D eigenvalue weighted by atomic mass is 32.2. The van der Waals surface area contributed by atoms with Crippen molar-refractivity contribution in [3.05, 3.63) is 24.3 Å². The molecule has 25 heavy (non-hydrogen) atoms. The molecule has 8 nitrogen and oxygen atoms in total. The van der Waals surface area contributed by atoms with Crippen molar-refractivity contribution >= 4 is 27.6 Å². The first kappa shape index (κ1) is 19.4. The summed E-state index contributed by atoms with van der Waals surface area (Å²) in [7, 11) is -3.77. The molecule has 0 aromatic heterocycles. The monoisotopic (exact) mass is 369 g/mol. The second kappa shape index (κ2) is 8.41. The molecule has 138 valence electrons. The zero-order valence-corrected chi connectivity index (χ0v) is 14.9. The Bertz CT molecular complexity index is 718. The number of amides is 1. The van der Waals surface area contributed by atoms with Gasteiger partial charge in [0, 0.05) is 5.69 Å². The Balaban J connectivity index is 1.97. The Kier molecular flexibility index (Phi) is 6.51. The van der Waals surface area contributed by atoms with Crippen LogP contribution in [0.25, 0.3) is 0 Å². The van der Waals surface area contributed by atoms with Crippen LogP contribution in [-0.2, 0) is 24.3 Å². The number of ether oxygens (including phenoxy) is 1. The van der Waals surface area contributed by atoms with Crippen molar-refractivity contribution in [3.63, 3.8) is 0 Å². The summed E-state index contributed by atoms with van der Waals surface area (Å²) in [5, 5.41) is 7.73. The maximum absolute atomic E-state index is 12.2. The average molecular weight is 369 g/mol. The minimum atomic E-state index is -3.77. The van der Waals surface area contributed by atoms with Crippen molar-refractivity contribution < 1.29 is 22.7 Å². The van der Waals surface area contributed by atoms with Gasteiger partial charge >= 0.3 is 5.97 Å². The number of rotatable bonds is 6. The number of hydrogen-bond donors (Lipinski definition) is 2. The number of anilines is 1. The lowest BCUT2D eigenvalue weighted by Crippen LogP contribution is -2.48. The lowest BCUT2D eigenvalue weighted by Gasteiger charge is -2.33. The summed E-state index contributed by atoms with van der Waals surface area (Å²) in [6.07, 6.45) is 2.53. The summed E-state index contributed by atoms with van der Waals surface area (Å²) in [6, 6.07) is 5.19. The van der Waals surface area contributed by atoms with Crippen LogP contribution in [0.15, 0.2) is 29.2 Å². The van der Waals surface area contributed by atoms with Gasteiger partial charge in [-0.05, 0) is 50.6 Å². The average Bonchev–Trinajstić information content (AvgIpc) is 2.55. The van der Waals surface area contributed by atoms with Gasteiger partial charge in [-0.1, -0.05) is 6.42 Å². The van der Waals surface area contributed by atoms with Gasteiger partial charge in [0.2, 0.25) is 15.9 Å². The summed E-state index contributed by atoms with van der Waals surface area (Å²) >= 11 is 0. The van der Waals surface area contributed by atoms with E-state index in [-0.39, 0.29) is 23.3 Å². The maximum Gasteiger partial charge on any atom is 0.323 e. The van der Waals surface area contributed by atoms with E-state index in [1.54, 1.807) is 6.92 Å². The number of esters is 1. The molecule has 3 N–H and O–H groups in total. The Morgan fingerprint density at radius 1 is 1.28 bits per heavy atom. The van der Waals surface area contributed by atoms with Crippen LogP contribution in [0.5, 0.6) is 0 Å². The number of carbonyl (C=O) groups is 2. The van der Waals surface area contributed by atoms with Gasteiger partial charge in [0.1, 0.15) is 6.04 Å². The maximum atomic E-state index is 12.2. The number of piperidine rings is 1. The molecule has 0 radical (unpaired) electrons. The van der Waals surface area contributed by atoms with Crippen LogP contribution >= 0.6 is 0 Å². The summed E-state index contributed by atoms with van der Waals surface area (Å²) in [5.74, 6) is -0.577. The molecular weight excluding hydrogens is 346 g/mol. The number of nitrogens with one attached hydrogen (secondary N) is 1. The van der Waals surface area contributed by atoms with Gasteiger partial charge in [-0.3, -0.25) is 14.5 Å². The molecule has 0 unspecified atom stereocenters. The van der Waals surface area contributed by atoms with E-state index in [0.717, 1.165) is 12.8 Å². The van der Waals surface area contributed by atoms with E-state index in [9.17, 15) is 18.0 Å². The highest BCUT2D eigenvalue weighted by Gasteiger charge is 2.30. The molecule has 1 aliphatic rings. The minimum Gasteiger partial charge on any atom is -0.465 e. The second-order valence-corrected chi connectivity index (χ2v) is 7.41. The van der Waals surface area contributed by atoms with E-state index in [0.29, 0.717) is 25.3 Å². The standard InChI is InChI=1S/C16H23N3O5S/c1-2-24-16(21)14-5-3-4-10-19(14)11-15(20)18-12-6-8-13(9-7-12)25(17,22)23/h6-9,14H,2-5,10-11H2,1H3,(H,18,20)(H2,17,22,23)/t14-/m1/s1. The van der Waals surface area contributed by atoms with E-state index in [2.05, 4.69) is 5.32 Å². The van der Waals surface area contributed by atoms with Crippen molar-refractivity contribution in [1.82, 2.24) is 4.90 Å². The number of sulfonamides is 1. The van der Waals surface area contributed by atoms with Crippen LogP contribution in [0, 0.1) is 0 Å². The van der Waals surface area contributed by atoms with Gasteiger partial charge in [-0.25, -0.2) is 13.6 Å². The molecule has 1 saturated heterocycles. The Labute approximate surface area is 147 Å². The fourth-order valence-corrected chi connectivity index (χ4v) is 3.31. The molecule has 0 bridgehead atoms. The number of benzene rings is 1. The van der Waals surface area contributed by atoms with Gasteiger partial charge < -0.3 is 10.1 Å². The van der Waals surface area contributed by atoms with Crippen LogP contribution in [-0.4, -0.2) is 50.9 Å². The SMILES string of the molecule is CCOC(=O)[C@H]1CCCCN1CC(=O)Nc1ccc(S(N)(=O)=O)cc1. The molecule has 1 aromatic carbocycles. The van der Waals surface area contributed by atoms with Crippen molar-refractivity contribution in [2.75, 3.05) is 25.0 Å². The molecular formula is C16H23N3O5S. The van der Waals surface area contributed by atoms with E-state index in [1.807, 2.05) is 4.90 Å². The first-order valence-electron chi connectivity index (χ1n) is 8.14. The smallest absolute Gasteiger partial charge is 0.323 e. The number of hydrogen-bond acceptors (Lipinski definition) is 6. The number of carbonyl (C=O) groups excluding carboxylic acids is 2. The summed E-state index contributed by atoms with van der Waals surface area (Å²) in [6.45, 7) is 2.79. The van der Waals surface area contributed by atoms with Crippen LogP contribution in [0.1, 0.15) is 26.2 Å². The molecule has 1 fully saturated rings.